The Balaban J connectivity index is 2.26. The van der Waals surface area contributed by atoms with Crippen molar-refractivity contribution in [2.75, 3.05) is 0 Å². The Morgan fingerprint density at radius 1 is 1.16 bits per heavy atom. The number of aryl methyl sites for hydroxylation is 1. The summed E-state index contributed by atoms with van der Waals surface area (Å²) in [7, 11) is 1.54. The Labute approximate surface area is 141 Å². The van der Waals surface area contributed by atoms with Crippen molar-refractivity contribution >= 4 is 10.9 Å². The molecular formula is C17H15N5O3. The van der Waals surface area contributed by atoms with Crippen LogP contribution < -0.4 is 16.8 Å². The van der Waals surface area contributed by atoms with Gasteiger partial charge in [-0.15, -0.1) is 0 Å². The highest BCUT2D eigenvalue weighted by Gasteiger charge is 2.14. The van der Waals surface area contributed by atoms with Gasteiger partial charge in [0.15, 0.2) is 0 Å². The molecule has 0 N–H and O–H groups in total. The average molecular weight is 337 g/mol. The lowest BCUT2D eigenvalue weighted by molar-refractivity contribution is 0.569. The molecule has 25 heavy (non-hydrogen) atoms. The van der Waals surface area contributed by atoms with E-state index in [-0.39, 0.29) is 23.5 Å². The molecule has 0 saturated heterocycles. The maximum Gasteiger partial charge on any atom is 0.331 e. The number of aromatic nitrogens is 4. The fraction of sp³-hybridized carbons (Fsp3) is 0.235. The molecule has 2 heterocycles. The van der Waals surface area contributed by atoms with Crippen LogP contribution in [0.5, 0.6) is 0 Å². The highest BCUT2D eigenvalue weighted by molar-refractivity contribution is 5.77. The zero-order chi connectivity index (χ0) is 18.1. The third-order valence-corrected chi connectivity index (χ3v) is 4.07. The number of rotatable bonds is 3. The van der Waals surface area contributed by atoms with E-state index < -0.39 is 11.2 Å². The Morgan fingerprint density at radius 3 is 2.56 bits per heavy atom. The third-order valence-electron chi connectivity index (χ3n) is 4.07. The van der Waals surface area contributed by atoms with Crippen molar-refractivity contribution in [2.24, 2.45) is 7.05 Å². The first-order valence-electron chi connectivity index (χ1n) is 7.67. The van der Waals surface area contributed by atoms with Gasteiger partial charge in [-0.2, -0.15) is 5.26 Å². The van der Waals surface area contributed by atoms with Crippen LogP contribution in [0, 0.1) is 11.3 Å². The number of para-hydroxylation sites is 1. The minimum atomic E-state index is -0.695. The second kappa shape index (κ2) is 6.20. The molecule has 0 amide bonds. The molecule has 0 bridgehead atoms. The normalized spacial score (nSPS) is 10.8. The number of nitriles is 1. The van der Waals surface area contributed by atoms with Gasteiger partial charge in [0.05, 0.1) is 17.4 Å². The molecule has 0 fully saturated rings. The first-order valence-corrected chi connectivity index (χ1v) is 7.67. The van der Waals surface area contributed by atoms with Gasteiger partial charge < -0.3 is 0 Å². The van der Waals surface area contributed by atoms with E-state index in [1.165, 1.54) is 22.4 Å². The van der Waals surface area contributed by atoms with E-state index in [1.54, 1.807) is 37.3 Å². The van der Waals surface area contributed by atoms with E-state index in [4.69, 9.17) is 5.26 Å². The third kappa shape index (κ3) is 2.65. The van der Waals surface area contributed by atoms with E-state index in [0.717, 1.165) is 4.57 Å². The maximum absolute atomic E-state index is 12.5. The zero-order valence-electron chi connectivity index (χ0n) is 13.8. The first-order chi connectivity index (χ1) is 12.0. The molecule has 0 spiro atoms. The van der Waals surface area contributed by atoms with Crippen molar-refractivity contribution in [3.05, 3.63) is 73.0 Å². The van der Waals surface area contributed by atoms with E-state index in [1.807, 2.05) is 0 Å². The van der Waals surface area contributed by atoms with Crippen LogP contribution in [0.25, 0.3) is 10.9 Å². The van der Waals surface area contributed by atoms with Crippen LogP contribution in [0.2, 0.25) is 0 Å². The maximum atomic E-state index is 12.5. The minimum absolute atomic E-state index is 0.132. The Hall–Kier alpha value is -3.47. The molecule has 0 aliphatic heterocycles. The molecule has 1 aromatic carbocycles. The monoisotopic (exact) mass is 337 g/mol. The summed E-state index contributed by atoms with van der Waals surface area (Å²) in [5.74, 6) is 0.264. The number of hydrogen-bond donors (Lipinski definition) is 0. The van der Waals surface area contributed by atoms with Crippen molar-refractivity contribution in [3.8, 4) is 6.07 Å². The molecule has 3 rings (SSSR count). The number of nitrogens with zero attached hydrogens (tertiary/aromatic N) is 5. The van der Waals surface area contributed by atoms with Gasteiger partial charge in [0.25, 0.3) is 11.1 Å². The topological polar surface area (TPSA) is 103 Å². The van der Waals surface area contributed by atoms with Crippen LogP contribution in [-0.4, -0.2) is 18.7 Å². The number of benzene rings is 1. The SMILES string of the molecule is CCn1cc(C#N)c(=O)n(Cc2nc3ccccc3c(=O)n2C)c1=O. The van der Waals surface area contributed by atoms with E-state index >= 15 is 0 Å². The van der Waals surface area contributed by atoms with Crippen LogP contribution in [0.4, 0.5) is 0 Å². The summed E-state index contributed by atoms with van der Waals surface area (Å²) in [6.07, 6.45) is 1.24. The summed E-state index contributed by atoms with van der Waals surface area (Å²) in [4.78, 5) is 41.7. The highest BCUT2D eigenvalue weighted by atomic mass is 16.2. The predicted molar refractivity (Wildman–Crippen MR) is 91.4 cm³/mol. The second-order valence-corrected chi connectivity index (χ2v) is 5.52. The molecule has 8 nitrogen and oxygen atoms in total. The fourth-order valence-electron chi connectivity index (χ4n) is 2.64. The summed E-state index contributed by atoms with van der Waals surface area (Å²) in [5.41, 5.74) is -1.15. The largest absolute Gasteiger partial charge is 0.331 e. The van der Waals surface area contributed by atoms with Crippen LogP contribution in [-0.2, 0) is 20.1 Å². The average Bonchev–Trinajstić information content (AvgIpc) is 2.63. The Bertz CT molecular complexity index is 1190. The first kappa shape index (κ1) is 16.4. The van der Waals surface area contributed by atoms with Gasteiger partial charge in [-0.1, -0.05) is 12.1 Å². The molecule has 0 aliphatic carbocycles. The van der Waals surface area contributed by atoms with Crippen LogP contribution in [0.1, 0.15) is 18.3 Å². The lowest BCUT2D eigenvalue weighted by Gasteiger charge is -2.12. The van der Waals surface area contributed by atoms with Crippen LogP contribution in [0.3, 0.4) is 0 Å². The van der Waals surface area contributed by atoms with Gasteiger partial charge in [0, 0.05) is 19.8 Å². The van der Waals surface area contributed by atoms with Gasteiger partial charge in [-0.3, -0.25) is 23.3 Å². The van der Waals surface area contributed by atoms with Gasteiger partial charge in [0.2, 0.25) is 0 Å². The lowest BCUT2D eigenvalue weighted by atomic mass is 10.2. The van der Waals surface area contributed by atoms with E-state index in [9.17, 15) is 14.4 Å². The molecule has 8 heteroatoms. The number of fused-ring (bicyclic) bond motifs is 1. The van der Waals surface area contributed by atoms with Crippen molar-refractivity contribution in [2.45, 2.75) is 20.0 Å². The molecule has 126 valence electrons. The van der Waals surface area contributed by atoms with Crippen molar-refractivity contribution in [3.63, 3.8) is 0 Å². The van der Waals surface area contributed by atoms with E-state index in [2.05, 4.69) is 4.98 Å². The van der Waals surface area contributed by atoms with Crippen LogP contribution >= 0.6 is 0 Å². The van der Waals surface area contributed by atoms with Crippen LogP contribution in [0.15, 0.2) is 44.8 Å². The summed E-state index contributed by atoms with van der Waals surface area (Å²) in [6.45, 7) is 1.86. The molecule has 2 aromatic heterocycles. The smallest absolute Gasteiger partial charge is 0.299 e. The lowest BCUT2D eigenvalue weighted by Crippen LogP contribution is -2.42. The minimum Gasteiger partial charge on any atom is -0.299 e. The zero-order valence-corrected chi connectivity index (χ0v) is 13.8. The Kier molecular flexibility index (Phi) is 4.07. The van der Waals surface area contributed by atoms with Gasteiger partial charge in [-0.25, -0.2) is 9.78 Å². The molecule has 0 radical (unpaired) electrons. The molecule has 0 saturated carbocycles. The van der Waals surface area contributed by atoms with Gasteiger partial charge in [-0.05, 0) is 19.1 Å². The standard InChI is InChI=1S/C17H15N5O3/c1-3-21-9-11(8-18)15(23)22(17(21)25)10-14-19-13-7-5-4-6-12(13)16(24)20(14)2/h4-7,9H,3,10H2,1-2H3. The summed E-state index contributed by atoms with van der Waals surface area (Å²) in [5, 5.41) is 9.57. The summed E-state index contributed by atoms with van der Waals surface area (Å²) < 4.78 is 3.52. The molecule has 0 atom stereocenters. The quantitative estimate of drug-likeness (QED) is 0.679. The summed E-state index contributed by atoms with van der Waals surface area (Å²) >= 11 is 0. The summed E-state index contributed by atoms with van der Waals surface area (Å²) in [6, 6.07) is 8.66. The predicted octanol–water partition coefficient (Wildman–Crippen LogP) is 0.197. The van der Waals surface area contributed by atoms with Crippen molar-refractivity contribution in [1.82, 2.24) is 18.7 Å². The van der Waals surface area contributed by atoms with Gasteiger partial charge in [0.1, 0.15) is 17.5 Å². The molecule has 3 aromatic rings. The Morgan fingerprint density at radius 2 is 1.88 bits per heavy atom. The van der Waals surface area contributed by atoms with Crippen molar-refractivity contribution in [1.29, 1.82) is 5.26 Å². The van der Waals surface area contributed by atoms with Crippen molar-refractivity contribution < 1.29 is 0 Å². The highest BCUT2D eigenvalue weighted by Crippen LogP contribution is 2.07. The van der Waals surface area contributed by atoms with Gasteiger partial charge >= 0.3 is 5.69 Å². The molecular weight excluding hydrogens is 322 g/mol. The second-order valence-electron chi connectivity index (χ2n) is 5.52. The molecule has 0 unspecified atom stereocenters. The number of hydrogen-bond acceptors (Lipinski definition) is 5. The van der Waals surface area contributed by atoms with E-state index in [0.29, 0.717) is 17.4 Å². The fourth-order valence-corrected chi connectivity index (χ4v) is 2.64. The molecule has 0 aliphatic rings.